The monoisotopic (exact) mass is 469 g/mol. The van der Waals surface area contributed by atoms with Gasteiger partial charge in [0.05, 0.1) is 13.0 Å². The lowest BCUT2D eigenvalue weighted by atomic mass is 9.52. The van der Waals surface area contributed by atoms with Crippen LogP contribution in [0.5, 0.6) is 11.8 Å². The zero-order valence-electron chi connectivity index (χ0n) is 18.4. The van der Waals surface area contributed by atoms with Gasteiger partial charge < -0.3 is 15.2 Å². The Labute approximate surface area is 188 Å². The number of aromatic nitrogens is 1. The molecule has 1 saturated heterocycles. The summed E-state index contributed by atoms with van der Waals surface area (Å²) in [6.07, 6.45) is -2.60. The van der Waals surface area contributed by atoms with E-state index in [0.717, 1.165) is 6.92 Å². The van der Waals surface area contributed by atoms with Crippen LogP contribution in [0.2, 0.25) is 0 Å². The van der Waals surface area contributed by atoms with Crippen LogP contribution >= 0.6 is 0 Å². The van der Waals surface area contributed by atoms with E-state index in [9.17, 15) is 27.6 Å². The van der Waals surface area contributed by atoms with Gasteiger partial charge >= 0.3 is 6.18 Å². The molecule has 0 aromatic carbocycles. The molecule has 2 saturated carbocycles. The zero-order chi connectivity index (χ0) is 24.1. The molecule has 180 valence electrons. The van der Waals surface area contributed by atoms with Gasteiger partial charge in [-0.15, -0.1) is 0 Å². The summed E-state index contributed by atoms with van der Waals surface area (Å²) in [5.41, 5.74) is 5.44. The van der Waals surface area contributed by atoms with Crippen molar-refractivity contribution in [3.05, 3.63) is 17.7 Å². The van der Waals surface area contributed by atoms with Crippen LogP contribution in [0.15, 0.2) is 12.1 Å². The predicted octanol–water partition coefficient (Wildman–Crippen LogP) is 2.84. The summed E-state index contributed by atoms with van der Waals surface area (Å²) in [6.45, 7) is 1.04. The highest BCUT2D eigenvalue weighted by molar-refractivity contribution is 6.04. The van der Waals surface area contributed by atoms with Crippen molar-refractivity contribution in [2.75, 3.05) is 7.11 Å². The van der Waals surface area contributed by atoms with Crippen LogP contribution in [0.4, 0.5) is 13.2 Å². The lowest BCUT2D eigenvalue weighted by molar-refractivity contribution is -0.175. The second-order valence-corrected chi connectivity index (χ2v) is 9.46. The van der Waals surface area contributed by atoms with E-state index < -0.39 is 35.7 Å². The van der Waals surface area contributed by atoms with Gasteiger partial charge in [0.2, 0.25) is 23.6 Å². The number of hydrogen-bond acceptors (Lipinski definition) is 6. The maximum absolute atomic E-state index is 12.9. The number of carbonyl (C=O) groups excluding carboxylic acids is 3. The van der Waals surface area contributed by atoms with Crippen LogP contribution < -0.4 is 15.2 Å². The van der Waals surface area contributed by atoms with E-state index in [4.69, 9.17) is 15.2 Å². The number of pyridine rings is 1. The number of amides is 3. The van der Waals surface area contributed by atoms with Gasteiger partial charge in [0, 0.05) is 24.4 Å². The molecule has 1 spiro atoms. The van der Waals surface area contributed by atoms with Gasteiger partial charge in [0.25, 0.3) is 5.91 Å². The number of likely N-dealkylation sites (tertiary alicyclic amines) is 1. The first-order valence-corrected chi connectivity index (χ1v) is 10.9. The molecule has 2 aliphatic carbocycles. The Hall–Kier alpha value is -2.85. The highest BCUT2D eigenvalue weighted by atomic mass is 19.4. The Balaban J connectivity index is 1.32. The number of imide groups is 1. The summed E-state index contributed by atoms with van der Waals surface area (Å²) in [7, 11) is 1.44. The molecular weight excluding hydrogens is 443 g/mol. The Kier molecular flexibility index (Phi) is 5.78. The third kappa shape index (κ3) is 4.37. The largest absolute Gasteiger partial charge is 0.481 e. The van der Waals surface area contributed by atoms with Gasteiger partial charge in [-0.1, -0.05) is 6.92 Å². The van der Waals surface area contributed by atoms with Crippen LogP contribution in [0.1, 0.15) is 55.8 Å². The minimum atomic E-state index is -4.38. The Morgan fingerprint density at radius 1 is 1.27 bits per heavy atom. The molecule has 3 fully saturated rings. The predicted molar refractivity (Wildman–Crippen MR) is 108 cm³/mol. The van der Waals surface area contributed by atoms with Crippen LogP contribution in [-0.2, 0) is 9.59 Å². The molecular formula is C22H26F3N3O5. The minimum absolute atomic E-state index is 0.0843. The molecule has 3 aliphatic rings. The molecule has 1 aromatic heterocycles. The number of rotatable bonds is 7. The average Bonchev–Trinajstić information content (AvgIpc) is 2.94. The van der Waals surface area contributed by atoms with Crippen molar-refractivity contribution in [3.63, 3.8) is 0 Å². The molecule has 4 rings (SSSR count). The van der Waals surface area contributed by atoms with Crippen molar-refractivity contribution in [1.82, 2.24) is 9.88 Å². The number of methoxy groups -OCH3 is 1. The molecule has 0 unspecified atom stereocenters. The van der Waals surface area contributed by atoms with Crippen LogP contribution in [-0.4, -0.2) is 53.0 Å². The van der Waals surface area contributed by atoms with Crippen LogP contribution in [0.25, 0.3) is 0 Å². The van der Waals surface area contributed by atoms with E-state index in [0.29, 0.717) is 25.7 Å². The smallest absolute Gasteiger partial charge is 0.391 e. The summed E-state index contributed by atoms with van der Waals surface area (Å²) in [5.74, 6) is -3.70. The summed E-state index contributed by atoms with van der Waals surface area (Å²) < 4.78 is 49.5. The molecule has 8 nitrogen and oxygen atoms in total. The van der Waals surface area contributed by atoms with E-state index in [-0.39, 0.29) is 47.7 Å². The normalized spacial score (nSPS) is 30.1. The fourth-order valence-corrected chi connectivity index (χ4v) is 5.26. The first-order chi connectivity index (χ1) is 15.4. The lowest BCUT2D eigenvalue weighted by Crippen LogP contribution is -2.60. The minimum Gasteiger partial charge on any atom is -0.481 e. The first kappa shape index (κ1) is 23.3. The maximum Gasteiger partial charge on any atom is 0.391 e. The molecule has 3 amide bonds. The number of hydrogen-bond donors (Lipinski definition) is 1. The highest BCUT2D eigenvalue weighted by Crippen LogP contribution is 2.59. The summed E-state index contributed by atoms with van der Waals surface area (Å²) in [4.78, 5) is 42.0. The van der Waals surface area contributed by atoms with E-state index in [1.54, 1.807) is 0 Å². The quantitative estimate of drug-likeness (QED) is 0.615. The van der Waals surface area contributed by atoms with Gasteiger partial charge in [-0.3, -0.25) is 19.3 Å². The van der Waals surface area contributed by atoms with Crippen molar-refractivity contribution in [2.45, 2.75) is 63.8 Å². The van der Waals surface area contributed by atoms with Crippen molar-refractivity contribution in [3.8, 4) is 11.8 Å². The van der Waals surface area contributed by atoms with Crippen molar-refractivity contribution < 1.29 is 37.0 Å². The van der Waals surface area contributed by atoms with Crippen molar-refractivity contribution >= 4 is 17.7 Å². The Bertz CT molecular complexity index is 969. The van der Waals surface area contributed by atoms with E-state index in [1.165, 1.54) is 24.1 Å². The molecule has 1 aliphatic heterocycles. The third-order valence-corrected chi connectivity index (χ3v) is 7.08. The number of ether oxygens (including phenoxy) is 2. The maximum atomic E-state index is 12.9. The van der Waals surface area contributed by atoms with Crippen LogP contribution in [0, 0.1) is 17.3 Å². The Morgan fingerprint density at radius 3 is 2.52 bits per heavy atom. The van der Waals surface area contributed by atoms with Gasteiger partial charge in [-0.05, 0) is 43.6 Å². The molecule has 1 aromatic rings. The van der Waals surface area contributed by atoms with Gasteiger partial charge in [-0.25, -0.2) is 0 Å². The SMILES string of the molecule is COc1ccc(C(N)=O)c(OC2CC3(C2)CC(N2C(=O)C[C@@H](C[C@@H](C)C(F)(F)F)C2=O)C3)n1. The molecule has 0 radical (unpaired) electrons. The lowest BCUT2D eigenvalue weighted by Gasteiger charge is -2.58. The van der Waals surface area contributed by atoms with Crippen molar-refractivity contribution in [2.24, 2.45) is 23.0 Å². The Morgan fingerprint density at radius 2 is 1.94 bits per heavy atom. The fraction of sp³-hybridized carbons (Fsp3) is 0.636. The van der Waals surface area contributed by atoms with E-state index >= 15 is 0 Å². The van der Waals surface area contributed by atoms with E-state index in [2.05, 4.69) is 4.98 Å². The highest BCUT2D eigenvalue weighted by Gasteiger charge is 2.58. The van der Waals surface area contributed by atoms with Gasteiger partial charge in [0.1, 0.15) is 11.7 Å². The molecule has 11 heteroatoms. The number of carbonyl (C=O) groups is 3. The number of nitrogens with two attached hydrogens (primary N) is 1. The zero-order valence-corrected chi connectivity index (χ0v) is 18.4. The molecule has 2 heterocycles. The van der Waals surface area contributed by atoms with E-state index in [1.807, 2.05) is 0 Å². The fourth-order valence-electron chi connectivity index (χ4n) is 5.26. The van der Waals surface area contributed by atoms with Gasteiger partial charge in [-0.2, -0.15) is 18.2 Å². The summed E-state index contributed by atoms with van der Waals surface area (Å²) in [6, 6.07) is 2.71. The number of primary amides is 1. The second kappa shape index (κ2) is 8.18. The second-order valence-electron chi connectivity index (χ2n) is 9.46. The standard InChI is InChI=1S/C22H26F3N3O5/c1-11(22(23,24)25)5-12-6-17(29)28(20(12)31)13-7-21(8-13)9-14(10-21)33-19-15(18(26)30)3-4-16(27-19)32-2/h3-4,11-14H,5-10H2,1-2H3,(H2,26,30)/t11-,12-,13?,14?,21?/m1/s1. The van der Waals surface area contributed by atoms with Gasteiger partial charge in [0.15, 0.2) is 0 Å². The average molecular weight is 469 g/mol. The number of halogens is 3. The summed E-state index contributed by atoms with van der Waals surface area (Å²) in [5, 5.41) is 0. The van der Waals surface area contributed by atoms with Crippen molar-refractivity contribution in [1.29, 1.82) is 0 Å². The molecule has 2 atom stereocenters. The summed E-state index contributed by atoms with van der Waals surface area (Å²) >= 11 is 0. The van der Waals surface area contributed by atoms with Crippen LogP contribution in [0.3, 0.4) is 0 Å². The third-order valence-electron chi connectivity index (χ3n) is 7.08. The topological polar surface area (TPSA) is 112 Å². The first-order valence-electron chi connectivity index (χ1n) is 10.9. The molecule has 0 bridgehead atoms. The number of alkyl halides is 3. The number of nitrogens with zero attached hydrogens (tertiary/aromatic N) is 2. The molecule has 2 N–H and O–H groups in total. The molecule has 33 heavy (non-hydrogen) atoms.